The third-order valence-corrected chi connectivity index (χ3v) is 3.19. The van der Waals surface area contributed by atoms with Gasteiger partial charge in [-0.25, -0.2) is 0 Å². The summed E-state index contributed by atoms with van der Waals surface area (Å²) in [5.74, 6) is 0.889. The fraction of sp³-hybridized carbons (Fsp3) is 0.769. The Balaban J connectivity index is 1.63. The van der Waals surface area contributed by atoms with E-state index in [2.05, 4.69) is 23.8 Å². The molecule has 1 aromatic heterocycles. The highest BCUT2D eigenvalue weighted by Crippen LogP contribution is 2.13. The third kappa shape index (κ3) is 3.73. The van der Waals surface area contributed by atoms with Crippen molar-refractivity contribution in [2.75, 3.05) is 26.2 Å². The summed E-state index contributed by atoms with van der Waals surface area (Å²) in [6, 6.07) is 0.400. The second kappa shape index (κ2) is 6.05. The molecule has 0 aromatic carbocycles. The standard InChI is InChI=1S/C13H23N3O/c1-12(2)16-11-13(10-14-16)17-9-5-8-15-6-3-4-7-15/h10-12H,3-9H2,1-2H3. The highest BCUT2D eigenvalue weighted by molar-refractivity contribution is 5.11. The zero-order valence-corrected chi connectivity index (χ0v) is 10.9. The quantitative estimate of drug-likeness (QED) is 0.711. The first-order chi connectivity index (χ1) is 8.25. The average Bonchev–Trinajstić information content (AvgIpc) is 2.96. The number of hydrogen-bond donors (Lipinski definition) is 0. The molecule has 4 heteroatoms. The molecule has 2 heterocycles. The van der Waals surface area contributed by atoms with Crippen molar-refractivity contribution >= 4 is 0 Å². The van der Waals surface area contributed by atoms with Gasteiger partial charge in [0.2, 0.25) is 0 Å². The molecule has 0 radical (unpaired) electrons. The molecule has 0 N–H and O–H groups in total. The molecule has 0 atom stereocenters. The van der Waals surface area contributed by atoms with Crippen molar-refractivity contribution in [1.82, 2.24) is 14.7 Å². The van der Waals surface area contributed by atoms with Crippen LogP contribution in [-0.2, 0) is 0 Å². The molecule has 2 rings (SSSR count). The number of ether oxygens (including phenoxy) is 1. The van der Waals surface area contributed by atoms with E-state index in [9.17, 15) is 0 Å². The van der Waals surface area contributed by atoms with Crippen LogP contribution in [0.3, 0.4) is 0 Å². The summed E-state index contributed by atoms with van der Waals surface area (Å²) in [6.07, 6.45) is 7.60. The van der Waals surface area contributed by atoms with E-state index in [4.69, 9.17) is 4.74 Å². The van der Waals surface area contributed by atoms with Gasteiger partial charge >= 0.3 is 0 Å². The zero-order chi connectivity index (χ0) is 12.1. The molecule has 0 amide bonds. The Kier molecular flexibility index (Phi) is 4.42. The van der Waals surface area contributed by atoms with Gasteiger partial charge < -0.3 is 9.64 Å². The van der Waals surface area contributed by atoms with E-state index in [1.54, 1.807) is 6.20 Å². The lowest BCUT2D eigenvalue weighted by Gasteiger charge is -2.13. The second-order valence-electron chi connectivity index (χ2n) is 5.00. The summed E-state index contributed by atoms with van der Waals surface area (Å²) < 4.78 is 7.61. The van der Waals surface area contributed by atoms with E-state index in [0.717, 1.165) is 25.3 Å². The topological polar surface area (TPSA) is 30.3 Å². The first kappa shape index (κ1) is 12.4. The van der Waals surface area contributed by atoms with Gasteiger partial charge in [0.1, 0.15) is 0 Å². The van der Waals surface area contributed by atoms with Crippen LogP contribution < -0.4 is 4.74 Å². The molecule has 1 aliphatic rings. The average molecular weight is 237 g/mol. The van der Waals surface area contributed by atoms with Crippen molar-refractivity contribution < 1.29 is 4.74 Å². The summed E-state index contributed by atoms with van der Waals surface area (Å²) in [4.78, 5) is 2.51. The largest absolute Gasteiger partial charge is 0.490 e. The fourth-order valence-electron chi connectivity index (χ4n) is 2.16. The van der Waals surface area contributed by atoms with E-state index in [-0.39, 0.29) is 0 Å². The molecule has 4 nitrogen and oxygen atoms in total. The van der Waals surface area contributed by atoms with Gasteiger partial charge in [0.05, 0.1) is 19.0 Å². The summed E-state index contributed by atoms with van der Waals surface area (Å²) in [7, 11) is 0. The summed E-state index contributed by atoms with van der Waals surface area (Å²) in [5.41, 5.74) is 0. The SMILES string of the molecule is CC(C)n1cc(OCCCN2CCCC2)cn1. The number of hydrogen-bond acceptors (Lipinski definition) is 3. The first-order valence-electron chi connectivity index (χ1n) is 6.65. The van der Waals surface area contributed by atoms with Crippen LogP contribution in [-0.4, -0.2) is 40.9 Å². The lowest BCUT2D eigenvalue weighted by atomic mass is 10.4. The summed E-state index contributed by atoms with van der Waals surface area (Å²) in [6.45, 7) is 8.73. The molecule has 1 saturated heterocycles. The van der Waals surface area contributed by atoms with Crippen LogP contribution >= 0.6 is 0 Å². The molecule has 1 aliphatic heterocycles. The van der Waals surface area contributed by atoms with Crippen molar-refractivity contribution in [2.24, 2.45) is 0 Å². The number of likely N-dealkylation sites (tertiary alicyclic amines) is 1. The molecule has 0 aliphatic carbocycles. The first-order valence-corrected chi connectivity index (χ1v) is 6.65. The zero-order valence-electron chi connectivity index (χ0n) is 10.9. The highest BCUT2D eigenvalue weighted by atomic mass is 16.5. The van der Waals surface area contributed by atoms with E-state index in [0.29, 0.717) is 6.04 Å². The maximum Gasteiger partial charge on any atom is 0.157 e. The Morgan fingerprint density at radius 1 is 1.35 bits per heavy atom. The van der Waals surface area contributed by atoms with Gasteiger partial charge in [-0.05, 0) is 46.2 Å². The monoisotopic (exact) mass is 237 g/mol. The Labute approximate surface area is 104 Å². The van der Waals surface area contributed by atoms with E-state index >= 15 is 0 Å². The third-order valence-electron chi connectivity index (χ3n) is 3.19. The Morgan fingerprint density at radius 2 is 2.12 bits per heavy atom. The molecule has 0 bridgehead atoms. The van der Waals surface area contributed by atoms with E-state index in [1.165, 1.54) is 25.9 Å². The molecule has 17 heavy (non-hydrogen) atoms. The van der Waals surface area contributed by atoms with Gasteiger partial charge in [-0.3, -0.25) is 4.68 Å². The van der Waals surface area contributed by atoms with Crippen molar-refractivity contribution in [3.8, 4) is 5.75 Å². The molecule has 0 spiro atoms. The molecule has 96 valence electrons. The Hall–Kier alpha value is -1.03. The molecule has 0 saturated carbocycles. The van der Waals surface area contributed by atoms with Gasteiger partial charge in [-0.1, -0.05) is 0 Å². The van der Waals surface area contributed by atoms with Crippen LogP contribution in [0.25, 0.3) is 0 Å². The predicted molar refractivity (Wildman–Crippen MR) is 68.4 cm³/mol. The van der Waals surface area contributed by atoms with Gasteiger partial charge in [-0.2, -0.15) is 5.10 Å². The Bertz CT molecular complexity index is 329. The van der Waals surface area contributed by atoms with Crippen molar-refractivity contribution in [3.63, 3.8) is 0 Å². The van der Waals surface area contributed by atoms with Gasteiger partial charge in [-0.15, -0.1) is 0 Å². The van der Waals surface area contributed by atoms with Crippen LogP contribution in [0.2, 0.25) is 0 Å². The molecular weight excluding hydrogens is 214 g/mol. The van der Waals surface area contributed by atoms with Crippen molar-refractivity contribution in [3.05, 3.63) is 12.4 Å². The normalized spacial score (nSPS) is 16.9. The number of rotatable bonds is 6. The van der Waals surface area contributed by atoms with Crippen LogP contribution in [0.4, 0.5) is 0 Å². The molecule has 1 fully saturated rings. The van der Waals surface area contributed by atoms with Crippen molar-refractivity contribution in [2.45, 2.75) is 39.2 Å². The molecule has 0 unspecified atom stereocenters. The van der Waals surface area contributed by atoms with Crippen LogP contribution in [0.15, 0.2) is 12.4 Å². The minimum absolute atomic E-state index is 0.400. The lowest BCUT2D eigenvalue weighted by molar-refractivity contribution is 0.263. The van der Waals surface area contributed by atoms with Gasteiger partial charge in [0.15, 0.2) is 5.75 Å². The summed E-state index contributed by atoms with van der Waals surface area (Å²) in [5, 5.41) is 4.25. The van der Waals surface area contributed by atoms with Crippen LogP contribution in [0, 0.1) is 0 Å². The molecular formula is C13H23N3O. The van der Waals surface area contributed by atoms with Crippen molar-refractivity contribution in [1.29, 1.82) is 0 Å². The smallest absolute Gasteiger partial charge is 0.157 e. The minimum atomic E-state index is 0.400. The molecule has 1 aromatic rings. The van der Waals surface area contributed by atoms with E-state index < -0.39 is 0 Å². The maximum atomic E-state index is 5.69. The minimum Gasteiger partial charge on any atom is -0.490 e. The second-order valence-corrected chi connectivity index (χ2v) is 5.00. The van der Waals surface area contributed by atoms with Gasteiger partial charge in [0.25, 0.3) is 0 Å². The predicted octanol–water partition coefficient (Wildman–Crippen LogP) is 2.33. The lowest BCUT2D eigenvalue weighted by Crippen LogP contribution is -2.21. The fourth-order valence-corrected chi connectivity index (χ4v) is 2.16. The van der Waals surface area contributed by atoms with Crippen LogP contribution in [0.1, 0.15) is 39.2 Å². The number of nitrogens with zero attached hydrogens (tertiary/aromatic N) is 3. The maximum absolute atomic E-state index is 5.69. The number of aromatic nitrogens is 2. The van der Waals surface area contributed by atoms with Gasteiger partial charge in [0, 0.05) is 12.6 Å². The highest BCUT2D eigenvalue weighted by Gasteiger charge is 2.10. The van der Waals surface area contributed by atoms with E-state index in [1.807, 2.05) is 10.9 Å². The summed E-state index contributed by atoms with van der Waals surface area (Å²) >= 11 is 0. The van der Waals surface area contributed by atoms with Crippen LogP contribution in [0.5, 0.6) is 5.75 Å². The Morgan fingerprint density at radius 3 is 2.76 bits per heavy atom.